The number of fused-ring (bicyclic) bond motifs is 1. The molecule has 1 fully saturated rings. The molecule has 1 N–H and O–H groups in total. The third-order valence-electron chi connectivity index (χ3n) is 6.30. The SMILES string of the molecule is C=CC(=O)N1CCC(c2c3ccc(-c4cccc(O)c4)cc3nn2CCCN(C)C)CC1. The van der Waals surface area contributed by atoms with E-state index in [9.17, 15) is 9.90 Å². The Morgan fingerprint density at radius 1 is 1.19 bits per heavy atom. The third-order valence-corrected chi connectivity index (χ3v) is 6.30. The Kier molecular flexibility index (Phi) is 6.61. The number of hydrogen-bond donors (Lipinski definition) is 1. The standard InChI is InChI=1S/C26H32N4O2/c1-4-25(32)29-15-11-19(12-16-29)26-23-10-9-21(20-7-5-8-22(31)17-20)18-24(23)27-30(26)14-6-13-28(2)3/h4-5,7-10,17-19,31H,1,6,11-16H2,2-3H3. The Hall–Kier alpha value is -3.12. The number of aromatic nitrogens is 2. The molecule has 1 saturated heterocycles. The largest absolute Gasteiger partial charge is 0.508 e. The van der Waals surface area contributed by atoms with E-state index in [1.165, 1.54) is 17.2 Å². The van der Waals surface area contributed by atoms with Gasteiger partial charge >= 0.3 is 0 Å². The molecule has 4 rings (SSSR count). The second-order valence-electron chi connectivity index (χ2n) is 8.85. The van der Waals surface area contributed by atoms with Gasteiger partial charge in [0.25, 0.3) is 0 Å². The van der Waals surface area contributed by atoms with Gasteiger partial charge in [-0.15, -0.1) is 0 Å². The number of nitrogens with zero attached hydrogens (tertiary/aromatic N) is 4. The number of aryl methyl sites for hydroxylation is 1. The number of likely N-dealkylation sites (tertiary alicyclic amines) is 1. The molecule has 3 aromatic rings. The van der Waals surface area contributed by atoms with Crippen LogP contribution < -0.4 is 0 Å². The maximum Gasteiger partial charge on any atom is 0.245 e. The van der Waals surface area contributed by atoms with E-state index in [0.29, 0.717) is 5.92 Å². The Labute approximate surface area is 189 Å². The maximum atomic E-state index is 12.0. The summed E-state index contributed by atoms with van der Waals surface area (Å²) < 4.78 is 2.19. The van der Waals surface area contributed by atoms with Crippen LogP contribution in [0.4, 0.5) is 0 Å². The van der Waals surface area contributed by atoms with E-state index < -0.39 is 0 Å². The van der Waals surface area contributed by atoms with Gasteiger partial charge in [0.2, 0.25) is 5.91 Å². The highest BCUT2D eigenvalue weighted by molar-refractivity contribution is 5.88. The molecule has 0 bridgehead atoms. The first kappa shape index (κ1) is 22.1. The van der Waals surface area contributed by atoms with Crippen LogP contribution in [-0.4, -0.2) is 64.3 Å². The van der Waals surface area contributed by atoms with Crippen molar-refractivity contribution in [1.82, 2.24) is 19.6 Å². The zero-order valence-electron chi connectivity index (χ0n) is 19.0. The van der Waals surface area contributed by atoms with Crippen molar-refractivity contribution in [2.45, 2.75) is 31.7 Å². The van der Waals surface area contributed by atoms with Crippen LogP contribution in [0.2, 0.25) is 0 Å². The molecule has 0 radical (unpaired) electrons. The van der Waals surface area contributed by atoms with Crippen LogP contribution in [0.3, 0.4) is 0 Å². The van der Waals surface area contributed by atoms with Crippen molar-refractivity contribution >= 4 is 16.8 Å². The van der Waals surface area contributed by atoms with E-state index in [0.717, 1.165) is 62.1 Å². The van der Waals surface area contributed by atoms with E-state index in [-0.39, 0.29) is 11.7 Å². The minimum absolute atomic E-state index is 0.0172. The molecule has 1 aliphatic rings. The van der Waals surface area contributed by atoms with Crippen LogP contribution in [0, 0.1) is 0 Å². The zero-order valence-corrected chi connectivity index (χ0v) is 19.0. The number of amides is 1. The zero-order chi connectivity index (χ0) is 22.7. The molecule has 2 aromatic carbocycles. The molecular formula is C26H32N4O2. The van der Waals surface area contributed by atoms with Crippen LogP contribution >= 0.6 is 0 Å². The van der Waals surface area contributed by atoms with Gasteiger partial charge in [0.1, 0.15) is 5.75 Å². The number of aromatic hydroxyl groups is 1. The van der Waals surface area contributed by atoms with E-state index >= 15 is 0 Å². The summed E-state index contributed by atoms with van der Waals surface area (Å²) in [6, 6.07) is 13.7. The summed E-state index contributed by atoms with van der Waals surface area (Å²) in [5.74, 6) is 0.654. The summed E-state index contributed by atoms with van der Waals surface area (Å²) in [4.78, 5) is 16.1. The fourth-order valence-corrected chi connectivity index (χ4v) is 4.66. The second kappa shape index (κ2) is 9.57. The van der Waals surface area contributed by atoms with Crippen molar-refractivity contribution < 1.29 is 9.90 Å². The van der Waals surface area contributed by atoms with E-state index in [1.54, 1.807) is 12.1 Å². The van der Waals surface area contributed by atoms with E-state index in [2.05, 4.69) is 48.5 Å². The van der Waals surface area contributed by atoms with Gasteiger partial charge < -0.3 is 14.9 Å². The van der Waals surface area contributed by atoms with E-state index in [1.807, 2.05) is 17.0 Å². The van der Waals surface area contributed by atoms with Crippen LogP contribution in [0.1, 0.15) is 30.9 Å². The number of benzene rings is 2. The number of phenolic OH excluding ortho intramolecular Hbond substituents is 1. The van der Waals surface area contributed by atoms with Gasteiger partial charge in [0, 0.05) is 36.6 Å². The number of carbonyl (C=O) groups excluding carboxylic acids is 1. The summed E-state index contributed by atoms with van der Waals surface area (Å²) in [6.45, 7) is 7.00. The topological polar surface area (TPSA) is 61.6 Å². The lowest BCUT2D eigenvalue weighted by Crippen LogP contribution is -2.37. The summed E-state index contributed by atoms with van der Waals surface area (Å²) >= 11 is 0. The van der Waals surface area contributed by atoms with Crippen molar-refractivity contribution in [1.29, 1.82) is 0 Å². The van der Waals surface area contributed by atoms with Crippen molar-refractivity contribution in [2.24, 2.45) is 0 Å². The predicted octanol–water partition coefficient (Wildman–Crippen LogP) is 4.25. The molecule has 0 aliphatic carbocycles. The Morgan fingerprint density at radius 3 is 2.62 bits per heavy atom. The summed E-state index contributed by atoms with van der Waals surface area (Å²) in [6.07, 6.45) is 4.30. The van der Waals surface area contributed by atoms with Gasteiger partial charge in [0.05, 0.1) is 5.52 Å². The van der Waals surface area contributed by atoms with Crippen LogP contribution in [0.5, 0.6) is 5.75 Å². The molecule has 168 valence electrons. The smallest absolute Gasteiger partial charge is 0.245 e. The normalized spacial score (nSPS) is 14.9. The molecule has 0 spiro atoms. The fourth-order valence-electron chi connectivity index (χ4n) is 4.66. The minimum atomic E-state index is 0.0172. The molecule has 6 nitrogen and oxygen atoms in total. The van der Waals surface area contributed by atoms with Crippen LogP contribution in [-0.2, 0) is 11.3 Å². The quantitative estimate of drug-likeness (QED) is 0.567. The van der Waals surface area contributed by atoms with Crippen molar-refractivity contribution in [3.8, 4) is 16.9 Å². The molecule has 0 atom stereocenters. The van der Waals surface area contributed by atoms with Gasteiger partial charge in [-0.3, -0.25) is 9.48 Å². The maximum absolute atomic E-state index is 12.0. The molecule has 1 aliphatic heterocycles. The Morgan fingerprint density at radius 2 is 1.94 bits per heavy atom. The number of piperidine rings is 1. The van der Waals surface area contributed by atoms with Crippen LogP contribution in [0.25, 0.3) is 22.0 Å². The van der Waals surface area contributed by atoms with Gasteiger partial charge in [-0.2, -0.15) is 5.10 Å². The molecule has 0 saturated carbocycles. The van der Waals surface area contributed by atoms with Gasteiger partial charge in [0.15, 0.2) is 0 Å². The molecular weight excluding hydrogens is 400 g/mol. The highest BCUT2D eigenvalue weighted by atomic mass is 16.3. The highest BCUT2D eigenvalue weighted by Crippen LogP contribution is 2.35. The molecule has 1 aromatic heterocycles. The third kappa shape index (κ3) is 4.70. The lowest BCUT2D eigenvalue weighted by Gasteiger charge is -2.32. The molecule has 0 unspecified atom stereocenters. The van der Waals surface area contributed by atoms with Gasteiger partial charge in [-0.25, -0.2) is 0 Å². The van der Waals surface area contributed by atoms with Crippen LogP contribution in [0.15, 0.2) is 55.1 Å². The van der Waals surface area contributed by atoms with Crippen molar-refractivity contribution in [2.75, 3.05) is 33.7 Å². The number of hydrogen-bond acceptors (Lipinski definition) is 4. The first-order valence-electron chi connectivity index (χ1n) is 11.3. The minimum Gasteiger partial charge on any atom is -0.508 e. The fraction of sp³-hybridized carbons (Fsp3) is 0.385. The summed E-state index contributed by atoms with van der Waals surface area (Å²) in [5, 5.41) is 16.1. The van der Waals surface area contributed by atoms with Crippen molar-refractivity contribution in [3.63, 3.8) is 0 Å². The number of phenols is 1. The Balaban J connectivity index is 1.67. The number of rotatable bonds is 7. The van der Waals surface area contributed by atoms with Gasteiger partial charge in [-0.05, 0) is 75.3 Å². The molecule has 1 amide bonds. The van der Waals surface area contributed by atoms with E-state index in [4.69, 9.17) is 5.10 Å². The number of carbonyl (C=O) groups is 1. The first-order chi connectivity index (χ1) is 15.5. The highest BCUT2D eigenvalue weighted by Gasteiger charge is 2.27. The van der Waals surface area contributed by atoms with Gasteiger partial charge in [-0.1, -0.05) is 30.8 Å². The second-order valence-corrected chi connectivity index (χ2v) is 8.85. The molecule has 2 heterocycles. The lowest BCUT2D eigenvalue weighted by molar-refractivity contribution is -0.127. The average Bonchev–Trinajstić information content (AvgIpc) is 3.15. The predicted molar refractivity (Wildman–Crippen MR) is 129 cm³/mol. The Bertz CT molecular complexity index is 1110. The average molecular weight is 433 g/mol. The first-order valence-corrected chi connectivity index (χ1v) is 11.3. The summed E-state index contributed by atoms with van der Waals surface area (Å²) in [7, 11) is 4.18. The van der Waals surface area contributed by atoms with Crippen molar-refractivity contribution in [3.05, 3.63) is 60.8 Å². The molecule has 32 heavy (non-hydrogen) atoms. The monoisotopic (exact) mass is 432 g/mol. The molecule has 6 heteroatoms. The summed E-state index contributed by atoms with van der Waals surface area (Å²) in [5.41, 5.74) is 4.29. The lowest BCUT2D eigenvalue weighted by atomic mass is 9.90.